The van der Waals surface area contributed by atoms with E-state index < -0.39 is 15.9 Å². The molecule has 35 heavy (non-hydrogen) atoms. The van der Waals surface area contributed by atoms with Crippen LogP contribution in [-0.4, -0.2) is 25.6 Å². The number of nitriles is 1. The minimum absolute atomic E-state index is 0.0392. The molecule has 3 aromatic carbocycles. The number of amides is 1. The number of carbonyl (C=O) groups is 1. The number of hydrogen-bond donors (Lipinski definition) is 1. The largest absolute Gasteiger partial charge is 0.348 e. The van der Waals surface area contributed by atoms with Crippen LogP contribution in [0.3, 0.4) is 0 Å². The van der Waals surface area contributed by atoms with Crippen LogP contribution in [0.25, 0.3) is 22.2 Å². The highest BCUT2D eigenvalue weighted by Crippen LogP contribution is 2.32. The number of para-hydroxylation sites is 1. The van der Waals surface area contributed by atoms with E-state index in [0.717, 1.165) is 16.5 Å². The number of nitrogens with zero attached hydrogens (tertiary/aromatic N) is 2. The molecule has 6 nitrogen and oxygen atoms in total. The molecule has 0 bridgehead atoms. The van der Waals surface area contributed by atoms with Gasteiger partial charge in [-0.25, -0.2) is 13.4 Å². The minimum Gasteiger partial charge on any atom is -0.348 e. The van der Waals surface area contributed by atoms with Crippen molar-refractivity contribution in [3.8, 4) is 17.3 Å². The van der Waals surface area contributed by atoms with Crippen LogP contribution in [0.5, 0.6) is 0 Å². The zero-order valence-corrected chi connectivity index (χ0v) is 20.1. The van der Waals surface area contributed by atoms with E-state index in [0.29, 0.717) is 22.3 Å². The highest BCUT2D eigenvalue weighted by molar-refractivity contribution is 7.89. The molecule has 1 atom stereocenters. The van der Waals surface area contributed by atoms with Crippen LogP contribution < -0.4 is 5.32 Å². The van der Waals surface area contributed by atoms with Crippen LogP contribution >= 0.6 is 0 Å². The van der Waals surface area contributed by atoms with E-state index in [4.69, 9.17) is 4.98 Å². The number of fused-ring (bicyclic) bond motifs is 1. The van der Waals surface area contributed by atoms with Gasteiger partial charge in [-0.05, 0) is 22.8 Å². The number of nitrogens with one attached hydrogen (secondary N) is 1. The second kappa shape index (κ2) is 10.5. The fraction of sp³-hybridized carbons (Fsp3) is 0.179. The average molecular weight is 484 g/mol. The van der Waals surface area contributed by atoms with Crippen molar-refractivity contribution in [2.24, 2.45) is 0 Å². The lowest BCUT2D eigenvalue weighted by Gasteiger charge is -2.20. The molecule has 4 aromatic rings. The van der Waals surface area contributed by atoms with E-state index in [1.807, 2.05) is 84.9 Å². The molecule has 0 radical (unpaired) electrons. The van der Waals surface area contributed by atoms with Gasteiger partial charge in [0.05, 0.1) is 41.9 Å². The highest BCUT2D eigenvalue weighted by Gasteiger charge is 2.23. The first-order chi connectivity index (χ1) is 16.9. The molecule has 0 aliphatic heterocycles. The molecule has 1 N–H and O–H groups in total. The molecular weight excluding hydrogens is 458 g/mol. The summed E-state index contributed by atoms with van der Waals surface area (Å²) in [6.45, 7) is 0. The zero-order chi connectivity index (χ0) is 24.8. The van der Waals surface area contributed by atoms with Crippen LogP contribution in [0, 0.1) is 11.3 Å². The smallest absolute Gasteiger partial charge is 0.224 e. The molecule has 0 saturated heterocycles. The number of benzene rings is 3. The molecule has 0 saturated carbocycles. The molecule has 1 aromatic heterocycles. The number of carbonyl (C=O) groups excluding carboxylic acids is 1. The van der Waals surface area contributed by atoms with Crippen molar-refractivity contribution in [1.82, 2.24) is 10.3 Å². The first kappa shape index (κ1) is 24.1. The Morgan fingerprint density at radius 1 is 0.943 bits per heavy atom. The lowest BCUT2D eigenvalue weighted by atomic mass is 9.95. The van der Waals surface area contributed by atoms with Crippen LogP contribution in [0.2, 0.25) is 0 Å². The molecule has 0 fully saturated rings. The molecule has 0 spiro atoms. The molecular formula is C28H25N3O3S. The predicted molar refractivity (Wildman–Crippen MR) is 137 cm³/mol. The quantitative estimate of drug-likeness (QED) is 0.389. The van der Waals surface area contributed by atoms with Gasteiger partial charge in [-0.15, -0.1) is 0 Å². The van der Waals surface area contributed by atoms with Crippen LogP contribution in [0.1, 0.15) is 29.2 Å². The number of pyridine rings is 1. The molecule has 1 amide bonds. The van der Waals surface area contributed by atoms with E-state index in [9.17, 15) is 18.5 Å². The average Bonchev–Trinajstić information content (AvgIpc) is 2.85. The Balaban J connectivity index is 1.81. The maximum Gasteiger partial charge on any atom is 0.224 e. The van der Waals surface area contributed by atoms with Gasteiger partial charge in [0.25, 0.3) is 0 Å². The molecule has 7 heteroatoms. The van der Waals surface area contributed by atoms with Gasteiger partial charge >= 0.3 is 0 Å². The van der Waals surface area contributed by atoms with Gasteiger partial charge in [-0.3, -0.25) is 4.79 Å². The Hall–Kier alpha value is -4.02. The maximum atomic E-state index is 13.3. The van der Waals surface area contributed by atoms with Gasteiger partial charge < -0.3 is 5.32 Å². The number of sulfone groups is 1. The Morgan fingerprint density at radius 2 is 1.57 bits per heavy atom. The lowest BCUT2D eigenvalue weighted by Crippen LogP contribution is -2.30. The van der Waals surface area contributed by atoms with E-state index in [1.165, 1.54) is 6.26 Å². The van der Waals surface area contributed by atoms with Gasteiger partial charge in [0.15, 0.2) is 9.84 Å². The number of aromatic nitrogens is 1. The predicted octanol–water partition coefficient (Wildman–Crippen LogP) is 4.76. The lowest BCUT2D eigenvalue weighted by molar-refractivity contribution is -0.121. The summed E-state index contributed by atoms with van der Waals surface area (Å²) in [6, 6.07) is 27.8. The summed E-state index contributed by atoms with van der Waals surface area (Å²) in [5.74, 6) is -0.531. The summed E-state index contributed by atoms with van der Waals surface area (Å²) >= 11 is 0. The van der Waals surface area contributed by atoms with Gasteiger partial charge in [0.1, 0.15) is 0 Å². The topological polar surface area (TPSA) is 99.9 Å². The molecule has 1 heterocycles. The molecule has 4 rings (SSSR count). The molecule has 176 valence electrons. The second-order valence-electron chi connectivity index (χ2n) is 8.44. The van der Waals surface area contributed by atoms with Gasteiger partial charge in [0, 0.05) is 17.2 Å². The van der Waals surface area contributed by atoms with Crippen molar-refractivity contribution in [3.63, 3.8) is 0 Å². The van der Waals surface area contributed by atoms with Gasteiger partial charge in [0.2, 0.25) is 5.91 Å². The summed E-state index contributed by atoms with van der Waals surface area (Å²) in [5, 5.41) is 13.0. The molecule has 0 aliphatic carbocycles. The van der Waals surface area contributed by atoms with Gasteiger partial charge in [-0.2, -0.15) is 5.26 Å². The highest BCUT2D eigenvalue weighted by atomic mass is 32.2. The third-order valence-electron chi connectivity index (χ3n) is 5.74. The standard InChI is InChI=1S/C28H25N3O3S/c1-35(33,34)19-24-23(18-27(32)30-25(16-17-29)20-10-4-2-5-11-20)22-14-8-9-15-26(22)31-28(24)21-12-6-3-7-13-21/h2-15,25H,16,18-19H2,1H3,(H,30,32)/t25-/m0/s1. The van der Waals surface area contributed by atoms with Crippen molar-refractivity contribution >= 4 is 26.6 Å². The van der Waals surface area contributed by atoms with E-state index in [1.54, 1.807) is 0 Å². The SMILES string of the molecule is CS(=O)(=O)Cc1c(-c2ccccc2)nc2ccccc2c1CC(=O)N[C@@H](CC#N)c1ccccc1. The Bertz CT molecular complexity index is 1500. The zero-order valence-electron chi connectivity index (χ0n) is 19.3. The maximum absolute atomic E-state index is 13.3. The summed E-state index contributed by atoms with van der Waals surface area (Å²) < 4.78 is 24.9. The Morgan fingerprint density at radius 3 is 2.23 bits per heavy atom. The van der Waals surface area contributed by atoms with Crippen molar-refractivity contribution in [3.05, 3.63) is 102 Å². The number of rotatable bonds is 8. The fourth-order valence-electron chi connectivity index (χ4n) is 4.21. The summed E-state index contributed by atoms with van der Waals surface area (Å²) in [4.78, 5) is 18.1. The summed E-state index contributed by atoms with van der Waals surface area (Å²) in [5.41, 5.74) is 4.00. The Labute approximate surface area is 205 Å². The van der Waals surface area contributed by atoms with Crippen LogP contribution in [0.4, 0.5) is 0 Å². The van der Waals surface area contributed by atoms with Crippen LogP contribution in [0.15, 0.2) is 84.9 Å². The minimum atomic E-state index is -3.42. The third-order valence-corrected chi connectivity index (χ3v) is 6.55. The second-order valence-corrected chi connectivity index (χ2v) is 10.6. The van der Waals surface area contributed by atoms with E-state index in [2.05, 4.69) is 11.4 Å². The first-order valence-corrected chi connectivity index (χ1v) is 13.3. The molecule has 0 aliphatic rings. The van der Waals surface area contributed by atoms with Crippen molar-refractivity contribution < 1.29 is 13.2 Å². The third kappa shape index (κ3) is 5.92. The van der Waals surface area contributed by atoms with Crippen molar-refractivity contribution in [2.45, 2.75) is 24.6 Å². The van der Waals surface area contributed by atoms with Crippen molar-refractivity contribution in [2.75, 3.05) is 6.26 Å². The summed E-state index contributed by atoms with van der Waals surface area (Å²) in [6.07, 6.45) is 1.26. The fourth-order valence-corrected chi connectivity index (χ4v) is 5.04. The number of hydrogen-bond acceptors (Lipinski definition) is 5. The van der Waals surface area contributed by atoms with E-state index >= 15 is 0 Å². The van der Waals surface area contributed by atoms with Gasteiger partial charge in [-0.1, -0.05) is 78.9 Å². The molecule has 0 unspecified atom stereocenters. The Kier molecular flexibility index (Phi) is 7.23. The normalized spacial score (nSPS) is 12.1. The first-order valence-electron chi connectivity index (χ1n) is 11.2. The van der Waals surface area contributed by atoms with Crippen molar-refractivity contribution in [1.29, 1.82) is 5.26 Å². The monoisotopic (exact) mass is 483 g/mol. The van der Waals surface area contributed by atoms with Crippen LogP contribution in [-0.2, 0) is 26.8 Å². The van der Waals surface area contributed by atoms with E-state index in [-0.39, 0.29) is 24.5 Å². The summed E-state index contributed by atoms with van der Waals surface area (Å²) in [7, 11) is -3.42.